The number of aliphatic imine (C=N–C) groups is 1. The van der Waals surface area contributed by atoms with E-state index < -0.39 is 0 Å². The lowest BCUT2D eigenvalue weighted by atomic mass is 10.2. The van der Waals surface area contributed by atoms with Gasteiger partial charge in [-0.25, -0.2) is 4.99 Å². The van der Waals surface area contributed by atoms with Gasteiger partial charge in [0.1, 0.15) is 18.2 Å². The van der Waals surface area contributed by atoms with Crippen molar-refractivity contribution in [2.75, 3.05) is 31.6 Å². The summed E-state index contributed by atoms with van der Waals surface area (Å²) in [5.74, 6) is 1.86. The summed E-state index contributed by atoms with van der Waals surface area (Å²) in [7, 11) is 0. The third-order valence-corrected chi connectivity index (χ3v) is 4.53. The molecule has 0 unspecified atom stereocenters. The zero-order chi connectivity index (χ0) is 18.1. The van der Waals surface area contributed by atoms with Gasteiger partial charge in [0.15, 0.2) is 0 Å². The van der Waals surface area contributed by atoms with E-state index in [1.165, 1.54) is 25.9 Å². The number of likely N-dealkylation sites (tertiary alicyclic amines) is 1. The van der Waals surface area contributed by atoms with E-state index in [-0.39, 0.29) is 0 Å². The van der Waals surface area contributed by atoms with Gasteiger partial charge in [0, 0.05) is 24.4 Å². The number of nitrogens with zero attached hydrogens (tertiary/aromatic N) is 2. The van der Waals surface area contributed by atoms with Gasteiger partial charge in [-0.3, -0.25) is 4.90 Å². The number of ether oxygens (including phenoxy) is 1. The van der Waals surface area contributed by atoms with Crippen LogP contribution in [-0.2, 0) is 0 Å². The molecular weight excluding hydrogens is 310 g/mol. The van der Waals surface area contributed by atoms with Crippen LogP contribution < -0.4 is 10.1 Å². The molecule has 0 atom stereocenters. The number of hydrogen-bond acceptors (Lipinski definition) is 3. The lowest BCUT2D eigenvalue weighted by Crippen LogP contribution is -2.25. The minimum atomic E-state index is 0.749. The molecule has 4 heteroatoms. The van der Waals surface area contributed by atoms with Gasteiger partial charge in [0.2, 0.25) is 0 Å². The van der Waals surface area contributed by atoms with Gasteiger partial charge in [0.05, 0.1) is 0 Å². The Morgan fingerprint density at radius 1 is 1.24 bits per heavy atom. The van der Waals surface area contributed by atoms with Crippen molar-refractivity contribution >= 4 is 11.5 Å². The quantitative estimate of drug-likeness (QED) is 0.417. The molecule has 1 aromatic rings. The molecule has 0 amide bonds. The highest BCUT2D eigenvalue weighted by Crippen LogP contribution is 2.17. The number of nitrogens with one attached hydrogen (secondary N) is 1. The fourth-order valence-electron chi connectivity index (χ4n) is 2.73. The summed E-state index contributed by atoms with van der Waals surface area (Å²) >= 11 is 0. The highest BCUT2D eigenvalue weighted by Gasteiger charge is 2.10. The van der Waals surface area contributed by atoms with Gasteiger partial charge in [-0.15, -0.1) is 0 Å². The summed E-state index contributed by atoms with van der Waals surface area (Å²) in [6, 6.07) is 8.10. The van der Waals surface area contributed by atoms with Crippen molar-refractivity contribution in [1.82, 2.24) is 4.90 Å². The molecule has 1 heterocycles. The molecular formula is C21H31N3O. The molecule has 0 bridgehead atoms. The summed E-state index contributed by atoms with van der Waals surface area (Å²) in [6.45, 7) is 14.1. The largest absolute Gasteiger partial charge is 0.492 e. The number of rotatable bonds is 8. The van der Waals surface area contributed by atoms with E-state index in [9.17, 15) is 0 Å². The topological polar surface area (TPSA) is 36.9 Å². The van der Waals surface area contributed by atoms with Crippen LogP contribution in [0.15, 0.2) is 53.2 Å². The van der Waals surface area contributed by atoms with E-state index >= 15 is 0 Å². The van der Waals surface area contributed by atoms with Crippen LogP contribution in [0.5, 0.6) is 5.75 Å². The second-order valence-electron chi connectivity index (χ2n) is 6.43. The van der Waals surface area contributed by atoms with Crippen LogP contribution in [0.4, 0.5) is 5.69 Å². The summed E-state index contributed by atoms with van der Waals surface area (Å²) in [5.41, 5.74) is 3.10. The van der Waals surface area contributed by atoms with Crippen molar-refractivity contribution in [3.8, 4) is 5.75 Å². The molecule has 136 valence electrons. The van der Waals surface area contributed by atoms with E-state index in [4.69, 9.17) is 4.74 Å². The van der Waals surface area contributed by atoms with E-state index in [0.29, 0.717) is 0 Å². The smallest absolute Gasteiger partial charge is 0.119 e. The molecule has 0 aliphatic carbocycles. The van der Waals surface area contributed by atoms with Crippen molar-refractivity contribution in [2.45, 2.75) is 40.0 Å². The standard InChI is InChI=1S/C21H31N3O/c1-5-17(3)18(4)22-21(6-2)23-19-9-11-20(12-10-19)25-16-15-24-13-7-8-14-24/h5,9-12H,1,6-8,13-16H2,2-4H3,(H,22,23)/b18-17-. The first-order valence-electron chi connectivity index (χ1n) is 9.22. The average Bonchev–Trinajstić information content (AvgIpc) is 3.15. The number of amidine groups is 1. The zero-order valence-corrected chi connectivity index (χ0v) is 15.8. The van der Waals surface area contributed by atoms with Crippen molar-refractivity contribution < 1.29 is 4.74 Å². The van der Waals surface area contributed by atoms with E-state index in [1.54, 1.807) is 0 Å². The SMILES string of the molecule is C=C/C(C)=C(/C)N=C(CC)Nc1ccc(OCCN2CCCC2)cc1. The number of hydrogen-bond donors (Lipinski definition) is 1. The lowest BCUT2D eigenvalue weighted by Gasteiger charge is -2.15. The third-order valence-electron chi connectivity index (χ3n) is 4.53. The molecule has 1 aliphatic heterocycles. The maximum absolute atomic E-state index is 5.85. The van der Waals surface area contributed by atoms with Gasteiger partial charge < -0.3 is 10.1 Å². The Bertz CT molecular complexity index is 611. The highest BCUT2D eigenvalue weighted by atomic mass is 16.5. The van der Waals surface area contributed by atoms with Crippen molar-refractivity contribution in [3.63, 3.8) is 0 Å². The maximum atomic E-state index is 5.85. The van der Waals surface area contributed by atoms with Crippen molar-refractivity contribution in [2.24, 2.45) is 4.99 Å². The summed E-state index contributed by atoms with van der Waals surface area (Å²) in [4.78, 5) is 7.11. The third kappa shape index (κ3) is 6.39. The number of anilines is 1. The van der Waals surface area contributed by atoms with Gasteiger partial charge in [-0.05, 0) is 69.6 Å². The fourth-order valence-corrected chi connectivity index (χ4v) is 2.73. The molecule has 0 radical (unpaired) electrons. The molecule has 0 aromatic heterocycles. The van der Waals surface area contributed by atoms with Crippen molar-refractivity contribution in [1.29, 1.82) is 0 Å². The molecule has 1 saturated heterocycles. The van der Waals surface area contributed by atoms with Gasteiger partial charge >= 0.3 is 0 Å². The predicted octanol–water partition coefficient (Wildman–Crippen LogP) is 4.86. The minimum Gasteiger partial charge on any atom is -0.492 e. The molecule has 2 rings (SSSR count). The molecule has 1 N–H and O–H groups in total. The summed E-state index contributed by atoms with van der Waals surface area (Å²) in [5, 5.41) is 3.38. The minimum absolute atomic E-state index is 0.749. The van der Waals surface area contributed by atoms with Crippen LogP contribution in [0.3, 0.4) is 0 Å². The Labute approximate surface area is 152 Å². The van der Waals surface area contributed by atoms with Crippen molar-refractivity contribution in [3.05, 3.63) is 48.2 Å². The predicted molar refractivity (Wildman–Crippen MR) is 108 cm³/mol. The average molecular weight is 341 g/mol. The number of benzene rings is 1. The van der Waals surface area contributed by atoms with Gasteiger partial charge in [0.25, 0.3) is 0 Å². The highest BCUT2D eigenvalue weighted by molar-refractivity contribution is 5.95. The van der Waals surface area contributed by atoms with E-state index in [1.807, 2.05) is 44.2 Å². The Balaban J connectivity index is 1.87. The molecule has 25 heavy (non-hydrogen) atoms. The van der Waals surface area contributed by atoms with E-state index in [2.05, 4.69) is 28.7 Å². The maximum Gasteiger partial charge on any atom is 0.119 e. The van der Waals surface area contributed by atoms with Crippen LogP contribution in [0.2, 0.25) is 0 Å². The first kappa shape index (κ1) is 19.3. The lowest BCUT2D eigenvalue weighted by molar-refractivity contribution is 0.238. The second-order valence-corrected chi connectivity index (χ2v) is 6.43. The molecule has 1 fully saturated rings. The monoisotopic (exact) mass is 341 g/mol. The first-order valence-corrected chi connectivity index (χ1v) is 9.22. The van der Waals surface area contributed by atoms with E-state index in [0.717, 1.165) is 48.1 Å². The normalized spacial score (nSPS) is 16.5. The van der Waals surface area contributed by atoms with Crippen LogP contribution >= 0.6 is 0 Å². The Hall–Kier alpha value is -2.07. The molecule has 4 nitrogen and oxygen atoms in total. The Morgan fingerprint density at radius 2 is 1.92 bits per heavy atom. The first-order chi connectivity index (χ1) is 12.1. The van der Waals surface area contributed by atoms with Crippen LogP contribution in [0.1, 0.15) is 40.0 Å². The summed E-state index contributed by atoms with van der Waals surface area (Å²) in [6.07, 6.45) is 5.32. The molecule has 0 spiro atoms. The zero-order valence-electron chi connectivity index (χ0n) is 15.8. The Kier molecular flexibility index (Phi) is 7.74. The van der Waals surface area contributed by atoms with Gasteiger partial charge in [-0.1, -0.05) is 19.6 Å². The molecule has 1 aliphatic rings. The molecule has 0 saturated carbocycles. The molecule has 1 aromatic carbocycles. The summed E-state index contributed by atoms with van der Waals surface area (Å²) < 4.78 is 5.85. The van der Waals surface area contributed by atoms with Crippen LogP contribution in [0, 0.1) is 0 Å². The van der Waals surface area contributed by atoms with Crippen LogP contribution in [-0.4, -0.2) is 37.0 Å². The fraction of sp³-hybridized carbons (Fsp3) is 0.476. The Morgan fingerprint density at radius 3 is 2.52 bits per heavy atom. The van der Waals surface area contributed by atoms with Crippen LogP contribution in [0.25, 0.3) is 0 Å². The second kappa shape index (κ2) is 10.0. The van der Waals surface area contributed by atoms with Gasteiger partial charge in [-0.2, -0.15) is 0 Å². The number of allylic oxidation sites excluding steroid dienone is 3.